The van der Waals surface area contributed by atoms with E-state index in [1.54, 1.807) is 12.1 Å². The molecule has 0 bridgehead atoms. The molecule has 120 valence electrons. The molecule has 0 atom stereocenters. The monoisotopic (exact) mass is 355 g/mol. The number of thiocarbonyl (C=S) groups is 1. The molecule has 0 radical (unpaired) electrons. The fourth-order valence-electron chi connectivity index (χ4n) is 2.37. The minimum atomic E-state index is -0.398. The van der Waals surface area contributed by atoms with E-state index >= 15 is 0 Å². The van der Waals surface area contributed by atoms with Crippen LogP contribution in [-0.4, -0.2) is 10.2 Å². The third-order valence-electron chi connectivity index (χ3n) is 3.41. The molecule has 2 aromatic carbocycles. The molecule has 1 heterocycles. The number of anilines is 1. The Morgan fingerprint density at radius 2 is 1.92 bits per heavy atom. The highest BCUT2D eigenvalue weighted by Gasteiger charge is 2.33. The van der Waals surface area contributed by atoms with Gasteiger partial charge in [-0.1, -0.05) is 66.5 Å². The van der Waals surface area contributed by atoms with Crippen LogP contribution in [0.15, 0.2) is 71.2 Å². The Bertz CT molecular complexity index is 859. The van der Waals surface area contributed by atoms with Crippen LogP contribution in [-0.2, 0) is 4.79 Å². The van der Waals surface area contributed by atoms with E-state index < -0.39 is 5.82 Å². The summed E-state index contributed by atoms with van der Waals surface area (Å²) in [5.41, 5.74) is 2.46. The number of hydrogen-bond acceptors (Lipinski definition) is 3. The van der Waals surface area contributed by atoms with Crippen LogP contribution in [0.25, 0.3) is 6.08 Å². The number of allylic oxidation sites excluding steroid dienone is 2. The summed E-state index contributed by atoms with van der Waals surface area (Å²) in [5.74, 6) is -0.623. The molecule has 0 N–H and O–H groups in total. The molecule has 24 heavy (non-hydrogen) atoms. The average molecular weight is 355 g/mol. The first-order chi connectivity index (χ1) is 11.5. The second-order valence-corrected chi connectivity index (χ2v) is 6.97. The molecule has 1 aliphatic rings. The van der Waals surface area contributed by atoms with Gasteiger partial charge >= 0.3 is 0 Å². The number of hydrogen-bond donors (Lipinski definition) is 0. The van der Waals surface area contributed by atoms with Crippen molar-refractivity contribution < 1.29 is 9.18 Å². The second kappa shape index (κ2) is 7.11. The molecule has 0 unspecified atom stereocenters. The average Bonchev–Trinajstić information content (AvgIpc) is 2.82. The van der Waals surface area contributed by atoms with Crippen LogP contribution in [0.2, 0.25) is 0 Å². The molecule has 1 saturated heterocycles. The van der Waals surface area contributed by atoms with Gasteiger partial charge in [0.2, 0.25) is 0 Å². The van der Waals surface area contributed by atoms with Gasteiger partial charge in [0.05, 0.1) is 10.6 Å². The molecular weight excluding hydrogens is 341 g/mol. The predicted molar refractivity (Wildman–Crippen MR) is 102 cm³/mol. The summed E-state index contributed by atoms with van der Waals surface area (Å²) in [6, 6.07) is 15.7. The smallest absolute Gasteiger partial charge is 0.268 e. The molecule has 0 spiro atoms. The largest absolute Gasteiger partial charge is 0.270 e. The fourth-order valence-corrected chi connectivity index (χ4v) is 3.71. The molecule has 2 aromatic rings. The zero-order chi connectivity index (χ0) is 17.1. The summed E-state index contributed by atoms with van der Waals surface area (Å²) in [5, 5.41) is 0. The van der Waals surface area contributed by atoms with Gasteiger partial charge in [0, 0.05) is 0 Å². The zero-order valence-electron chi connectivity index (χ0n) is 12.9. The highest BCUT2D eigenvalue weighted by Crippen LogP contribution is 2.35. The lowest BCUT2D eigenvalue weighted by atomic mass is 10.1. The van der Waals surface area contributed by atoms with Gasteiger partial charge in [-0.2, -0.15) is 0 Å². The molecule has 1 amide bonds. The van der Waals surface area contributed by atoms with Gasteiger partial charge in [-0.3, -0.25) is 9.69 Å². The Kier molecular flexibility index (Phi) is 4.92. The minimum Gasteiger partial charge on any atom is -0.268 e. The number of rotatable bonds is 3. The third-order valence-corrected chi connectivity index (χ3v) is 4.71. The van der Waals surface area contributed by atoms with E-state index in [1.807, 2.05) is 49.4 Å². The molecule has 0 saturated carbocycles. The summed E-state index contributed by atoms with van der Waals surface area (Å²) in [6.45, 7) is 1.93. The molecule has 3 rings (SSSR count). The lowest BCUT2D eigenvalue weighted by Gasteiger charge is -2.14. The van der Waals surface area contributed by atoms with Crippen LogP contribution in [0.4, 0.5) is 10.1 Å². The van der Waals surface area contributed by atoms with Gasteiger partial charge in [-0.05, 0) is 42.3 Å². The van der Waals surface area contributed by atoms with Crippen molar-refractivity contribution in [1.29, 1.82) is 0 Å². The topological polar surface area (TPSA) is 20.3 Å². The molecule has 0 aliphatic carbocycles. The standard InChI is InChI=1S/C19H14FNOS2/c1-13(10-14-6-3-2-4-7-14)11-17-18(22)21(19(23)24-17)16-9-5-8-15(20)12-16/h2-12H,1H3/b13-10?,17-11+. The lowest BCUT2D eigenvalue weighted by molar-refractivity contribution is -0.113. The van der Waals surface area contributed by atoms with Crippen molar-refractivity contribution in [3.63, 3.8) is 0 Å². The van der Waals surface area contributed by atoms with E-state index in [-0.39, 0.29) is 5.91 Å². The van der Waals surface area contributed by atoms with Crippen LogP contribution < -0.4 is 4.90 Å². The van der Waals surface area contributed by atoms with Crippen LogP contribution >= 0.6 is 24.0 Å². The highest BCUT2D eigenvalue weighted by atomic mass is 32.2. The quantitative estimate of drug-likeness (QED) is 0.559. The number of amides is 1. The van der Waals surface area contributed by atoms with Crippen molar-refractivity contribution in [3.8, 4) is 0 Å². The first kappa shape index (κ1) is 16.6. The van der Waals surface area contributed by atoms with Gasteiger partial charge in [-0.25, -0.2) is 4.39 Å². The van der Waals surface area contributed by atoms with E-state index in [1.165, 1.54) is 28.8 Å². The number of halogens is 1. The predicted octanol–water partition coefficient (Wildman–Crippen LogP) is 5.18. The summed E-state index contributed by atoms with van der Waals surface area (Å²) < 4.78 is 13.8. The second-order valence-electron chi connectivity index (χ2n) is 5.30. The van der Waals surface area contributed by atoms with E-state index in [9.17, 15) is 9.18 Å². The normalized spacial score (nSPS) is 17.0. The van der Waals surface area contributed by atoms with Crippen molar-refractivity contribution in [2.24, 2.45) is 0 Å². The Morgan fingerprint density at radius 1 is 1.17 bits per heavy atom. The SMILES string of the molecule is CC(=Cc1ccccc1)/C=C1/SC(=S)N(c2cccc(F)c2)C1=O. The minimum absolute atomic E-state index is 0.226. The molecule has 5 heteroatoms. The van der Waals surface area contributed by atoms with Crippen molar-refractivity contribution in [2.45, 2.75) is 6.92 Å². The Balaban J connectivity index is 1.87. The Morgan fingerprint density at radius 3 is 2.62 bits per heavy atom. The summed E-state index contributed by atoms with van der Waals surface area (Å²) in [4.78, 5) is 14.5. The van der Waals surface area contributed by atoms with Gasteiger partial charge in [0.1, 0.15) is 5.82 Å². The summed E-state index contributed by atoms with van der Waals surface area (Å²) >= 11 is 6.51. The van der Waals surface area contributed by atoms with Gasteiger partial charge in [0.15, 0.2) is 4.32 Å². The summed E-state index contributed by atoms with van der Waals surface area (Å²) in [7, 11) is 0. The summed E-state index contributed by atoms with van der Waals surface area (Å²) in [6.07, 6.45) is 3.81. The number of thioether (sulfide) groups is 1. The van der Waals surface area contributed by atoms with Crippen LogP contribution in [0.3, 0.4) is 0 Å². The molecule has 2 nitrogen and oxygen atoms in total. The van der Waals surface area contributed by atoms with Crippen LogP contribution in [0.1, 0.15) is 12.5 Å². The number of carbonyl (C=O) groups excluding carboxylic acids is 1. The van der Waals surface area contributed by atoms with Crippen LogP contribution in [0.5, 0.6) is 0 Å². The van der Waals surface area contributed by atoms with Gasteiger partial charge in [-0.15, -0.1) is 0 Å². The maximum atomic E-state index is 13.4. The third kappa shape index (κ3) is 3.63. The zero-order valence-corrected chi connectivity index (χ0v) is 14.5. The molecular formula is C19H14FNOS2. The number of benzene rings is 2. The van der Waals surface area contributed by atoms with E-state index in [4.69, 9.17) is 12.2 Å². The van der Waals surface area contributed by atoms with Crippen molar-refractivity contribution in [3.05, 3.63) is 82.5 Å². The first-order valence-corrected chi connectivity index (χ1v) is 8.54. The maximum Gasteiger partial charge on any atom is 0.270 e. The van der Waals surface area contributed by atoms with Crippen molar-refractivity contribution in [1.82, 2.24) is 0 Å². The van der Waals surface area contributed by atoms with E-state index in [0.717, 1.165) is 11.1 Å². The van der Waals surface area contributed by atoms with Gasteiger partial charge in [0.25, 0.3) is 5.91 Å². The Labute approximate surface area is 149 Å². The van der Waals surface area contributed by atoms with E-state index in [0.29, 0.717) is 14.9 Å². The van der Waals surface area contributed by atoms with Gasteiger partial charge < -0.3 is 0 Å². The Hall–Kier alpha value is -2.24. The molecule has 0 aromatic heterocycles. The number of nitrogens with zero attached hydrogens (tertiary/aromatic N) is 1. The highest BCUT2D eigenvalue weighted by molar-refractivity contribution is 8.27. The first-order valence-electron chi connectivity index (χ1n) is 7.31. The number of carbonyl (C=O) groups is 1. The van der Waals surface area contributed by atoms with Crippen molar-refractivity contribution in [2.75, 3.05) is 4.90 Å². The lowest BCUT2D eigenvalue weighted by Crippen LogP contribution is -2.27. The molecule has 1 fully saturated rings. The van der Waals surface area contributed by atoms with E-state index in [2.05, 4.69) is 0 Å². The fraction of sp³-hybridized carbons (Fsp3) is 0.0526. The molecule has 1 aliphatic heterocycles. The van der Waals surface area contributed by atoms with Crippen LogP contribution in [0, 0.1) is 5.82 Å². The maximum absolute atomic E-state index is 13.4. The van der Waals surface area contributed by atoms with Crippen molar-refractivity contribution >= 4 is 46.0 Å².